The van der Waals surface area contributed by atoms with E-state index >= 15 is 0 Å². The van der Waals surface area contributed by atoms with Gasteiger partial charge in [0.2, 0.25) is 0 Å². The van der Waals surface area contributed by atoms with Crippen molar-refractivity contribution >= 4 is 5.78 Å². The molecule has 0 aromatic carbocycles. The lowest BCUT2D eigenvalue weighted by Crippen LogP contribution is -1.96. The van der Waals surface area contributed by atoms with Gasteiger partial charge in [0.1, 0.15) is 5.78 Å². The first-order valence-electron chi connectivity index (χ1n) is 4.87. The molecule has 0 aromatic heterocycles. The SMILES string of the molecule is O=C1CCC#CCCCCCC1. The maximum Gasteiger partial charge on any atom is 0.133 e. The van der Waals surface area contributed by atoms with E-state index in [4.69, 9.17) is 0 Å². The smallest absolute Gasteiger partial charge is 0.133 e. The summed E-state index contributed by atoms with van der Waals surface area (Å²) in [6.07, 6.45) is 7.98. The topological polar surface area (TPSA) is 17.1 Å². The van der Waals surface area contributed by atoms with Crippen molar-refractivity contribution in [2.75, 3.05) is 0 Å². The van der Waals surface area contributed by atoms with Crippen LogP contribution in [-0.4, -0.2) is 5.78 Å². The molecule has 0 saturated heterocycles. The van der Waals surface area contributed by atoms with Crippen molar-refractivity contribution in [2.24, 2.45) is 0 Å². The van der Waals surface area contributed by atoms with Gasteiger partial charge in [-0.3, -0.25) is 4.79 Å². The third-order valence-corrected chi connectivity index (χ3v) is 2.16. The van der Waals surface area contributed by atoms with Gasteiger partial charge in [0.25, 0.3) is 0 Å². The van der Waals surface area contributed by atoms with E-state index in [2.05, 4.69) is 11.8 Å². The van der Waals surface area contributed by atoms with Crippen LogP contribution in [-0.2, 0) is 4.79 Å². The van der Waals surface area contributed by atoms with Gasteiger partial charge in [-0.05, 0) is 12.8 Å². The van der Waals surface area contributed by atoms with Gasteiger partial charge in [-0.25, -0.2) is 0 Å². The Labute approximate surface area is 74.5 Å². The van der Waals surface area contributed by atoms with E-state index in [1.165, 1.54) is 19.3 Å². The van der Waals surface area contributed by atoms with Gasteiger partial charge in [-0.1, -0.05) is 12.8 Å². The van der Waals surface area contributed by atoms with Crippen molar-refractivity contribution in [2.45, 2.75) is 51.4 Å². The number of hydrogen-bond donors (Lipinski definition) is 0. The third-order valence-electron chi connectivity index (χ3n) is 2.16. The lowest BCUT2D eigenvalue weighted by molar-refractivity contribution is -0.119. The van der Waals surface area contributed by atoms with E-state index in [9.17, 15) is 4.79 Å². The molecule has 12 heavy (non-hydrogen) atoms. The molecule has 0 fully saturated rings. The molecule has 1 nitrogen and oxygen atoms in total. The fraction of sp³-hybridized carbons (Fsp3) is 0.727. The molecule has 0 unspecified atom stereocenters. The Bertz CT molecular complexity index is 195. The predicted octanol–water partition coefficient (Wildman–Crippen LogP) is 2.69. The number of carbonyl (C=O) groups is 1. The Balaban J connectivity index is 2.30. The maximum atomic E-state index is 11.1. The summed E-state index contributed by atoms with van der Waals surface area (Å²) in [6, 6.07) is 0. The maximum absolute atomic E-state index is 11.1. The molecule has 0 spiro atoms. The highest BCUT2D eigenvalue weighted by Crippen LogP contribution is 2.08. The zero-order chi connectivity index (χ0) is 8.65. The Kier molecular flexibility index (Phi) is 4.52. The molecule has 66 valence electrons. The van der Waals surface area contributed by atoms with Crippen LogP contribution in [0.1, 0.15) is 51.4 Å². The van der Waals surface area contributed by atoms with E-state index < -0.39 is 0 Å². The van der Waals surface area contributed by atoms with E-state index in [1.54, 1.807) is 0 Å². The number of hydrogen-bond acceptors (Lipinski definition) is 1. The fourth-order valence-corrected chi connectivity index (χ4v) is 1.39. The van der Waals surface area contributed by atoms with Crippen molar-refractivity contribution in [3.63, 3.8) is 0 Å². The summed E-state index contributed by atoms with van der Waals surface area (Å²) in [6.45, 7) is 0. The quantitative estimate of drug-likeness (QED) is 0.503. The Morgan fingerprint density at radius 2 is 1.58 bits per heavy atom. The monoisotopic (exact) mass is 164 g/mol. The Morgan fingerprint density at radius 3 is 2.50 bits per heavy atom. The molecular weight excluding hydrogens is 148 g/mol. The number of carbonyl (C=O) groups excluding carboxylic acids is 1. The van der Waals surface area contributed by atoms with Gasteiger partial charge in [0.15, 0.2) is 0 Å². The molecular formula is C11H16O. The summed E-state index contributed by atoms with van der Waals surface area (Å²) in [5.41, 5.74) is 0. The highest BCUT2D eigenvalue weighted by molar-refractivity contribution is 5.78. The van der Waals surface area contributed by atoms with Crippen LogP contribution in [0.5, 0.6) is 0 Å². The number of ketones is 1. The lowest BCUT2D eigenvalue weighted by Gasteiger charge is -1.97. The molecule has 0 amide bonds. The summed E-state index contributed by atoms with van der Waals surface area (Å²) >= 11 is 0. The minimum absolute atomic E-state index is 0.395. The summed E-state index contributed by atoms with van der Waals surface area (Å²) < 4.78 is 0. The molecule has 0 atom stereocenters. The van der Waals surface area contributed by atoms with Crippen LogP contribution in [0.4, 0.5) is 0 Å². The second kappa shape index (κ2) is 5.83. The van der Waals surface area contributed by atoms with Gasteiger partial charge in [0, 0.05) is 25.7 Å². The van der Waals surface area contributed by atoms with E-state index in [0.717, 1.165) is 25.7 Å². The van der Waals surface area contributed by atoms with Crippen LogP contribution in [0.15, 0.2) is 0 Å². The van der Waals surface area contributed by atoms with Gasteiger partial charge >= 0.3 is 0 Å². The van der Waals surface area contributed by atoms with Crippen LogP contribution in [0.25, 0.3) is 0 Å². The Morgan fingerprint density at radius 1 is 0.833 bits per heavy atom. The molecule has 1 rings (SSSR count). The molecule has 0 aromatic rings. The van der Waals surface area contributed by atoms with Crippen LogP contribution >= 0.6 is 0 Å². The molecule has 0 saturated carbocycles. The number of Topliss-reactive ketones (excluding diaryl/α,β-unsaturated/α-hetero) is 1. The van der Waals surface area contributed by atoms with Crippen molar-refractivity contribution < 1.29 is 4.79 Å². The van der Waals surface area contributed by atoms with Gasteiger partial charge in [-0.2, -0.15) is 0 Å². The molecule has 0 heterocycles. The molecule has 0 bridgehead atoms. The van der Waals surface area contributed by atoms with Crippen LogP contribution in [0, 0.1) is 11.8 Å². The number of rotatable bonds is 0. The highest BCUT2D eigenvalue weighted by atomic mass is 16.1. The van der Waals surface area contributed by atoms with Crippen molar-refractivity contribution in [1.29, 1.82) is 0 Å². The van der Waals surface area contributed by atoms with E-state index in [-0.39, 0.29) is 0 Å². The zero-order valence-corrected chi connectivity index (χ0v) is 7.57. The first kappa shape index (κ1) is 9.32. The van der Waals surface area contributed by atoms with Gasteiger partial charge in [0.05, 0.1) is 0 Å². The summed E-state index contributed by atoms with van der Waals surface area (Å²) in [4.78, 5) is 11.1. The molecule has 0 radical (unpaired) electrons. The lowest BCUT2D eigenvalue weighted by atomic mass is 10.1. The second-order valence-electron chi connectivity index (χ2n) is 3.31. The molecule has 1 heteroatoms. The average molecular weight is 164 g/mol. The van der Waals surface area contributed by atoms with Crippen molar-refractivity contribution in [3.05, 3.63) is 0 Å². The summed E-state index contributed by atoms with van der Waals surface area (Å²) in [5.74, 6) is 6.54. The first-order valence-corrected chi connectivity index (χ1v) is 4.87. The van der Waals surface area contributed by atoms with Crippen molar-refractivity contribution in [3.8, 4) is 11.8 Å². The molecule has 0 aliphatic heterocycles. The van der Waals surface area contributed by atoms with Crippen LogP contribution < -0.4 is 0 Å². The van der Waals surface area contributed by atoms with E-state index in [1.807, 2.05) is 0 Å². The largest absolute Gasteiger partial charge is 0.300 e. The van der Waals surface area contributed by atoms with Crippen molar-refractivity contribution in [1.82, 2.24) is 0 Å². The third kappa shape index (κ3) is 4.18. The van der Waals surface area contributed by atoms with Crippen LogP contribution in [0.3, 0.4) is 0 Å². The predicted molar refractivity (Wildman–Crippen MR) is 49.7 cm³/mol. The van der Waals surface area contributed by atoms with Crippen LogP contribution in [0.2, 0.25) is 0 Å². The average Bonchev–Trinajstić information content (AvgIpc) is 2.11. The minimum atomic E-state index is 0.395. The van der Waals surface area contributed by atoms with Gasteiger partial charge in [-0.15, -0.1) is 11.8 Å². The minimum Gasteiger partial charge on any atom is -0.300 e. The highest BCUT2D eigenvalue weighted by Gasteiger charge is 2.00. The Hall–Kier alpha value is -0.770. The molecule has 0 N–H and O–H groups in total. The van der Waals surface area contributed by atoms with E-state index in [0.29, 0.717) is 12.2 Å². The molecule has 1 aliphatic carbocycles. The summed E-state index contributed by atoms with van der Waals surface area (Å²) in [7, 11) is 0. The summed E-state index contributed by atoms with van der Waals surface area (Å²) in [5, 5.41) is 0. The zero-order valence-electron chi connectivity index (χ0n) is 7.57. The first-order chi connectivity index (χ1) is 5.89. The van der Waals surface area contributed by atoms with Gasteiger partial charge < -0.3 is 0 Å². The normalized spacial score (nSPS) is 20.5. The fourth-order valence-electron chi connectivity index (χ4n) is 1.39. The molecule has 1 aliphatic rings. The standard InChI is InChI=1S/C11H16O/c12-11-9-7-5-3-1-2-4-6-8-10-11/h1-3,5,7-10H2. The second-order valence-corrected chi connectivity index (χ2v) is 3.31.